The van der Waals surface area contributed by atoms with Crippen molar-refractivity contribution in [2.45, 2.75) is 50.9 Å². The third kappa shape index (κ3) is 4.76. The number of rotatable bonds is 2. The summed E-state index contributed by atoms with van der Waals surface area (Å²) in [5.74, 6) is 2.66. The first kappa shape index (κ1) is 25.8. The molecule has 4 atom stereocenters. The van der Waals surface area contributed by atoms with E-state index in [9.17, 15) is 0 Å². The number of fused-ring (bicyclic) bond motifs is 6. The lowest BCUT2D eigenvalue weighted by atomic mass is 9.77. The zero-order chi connectivity index (χ0) is 24.9. The predicted octanol–water partition coefficient (Wildman–Crippen LogP) is 6.77. The molecule has 4 aliphatic rings. The molecule has 2 heterocycles. The lowest BCUT2D eigenvalue weighted by Crippen LogP contribution is -2.21. The summed E-state index contributed by atoms with van der Waals surface area (Å²) in [6.07, 6.45) is 5.70. The van der Waals surface area contributed by atoms with Gasteiger partial charge in [-0.2, -0.15) is 0 Å². The molecular weight excluding hydrogens is 522 g/mol. The van der Waals surface area contributed by atoms with E-state index in [-0.39, 0.29) is 0 Å². The van der Waals surface area contributed by atoms with Crippen LogP contribution in [0.1, 0.15) is 60.3 Å². The summed E-state index contributed by atoms with van der Waals surface area (Å²) in [5.41, 5.74) is 18.0. The highest BCUT2D eigenvalue weighted by Crippen LogP contribution is 2.47. The van der Waals surface area contributed by atoms with Gasteiger partial charge in [0.05, 0.1) is 31.5 Å². The molecule has 2 aliphatic carbocycles. The number of nitrogen functional groups attached to an aromatic ring is 2. The van der Waals surface area contributed by atoms with E-state index in [1.54, 1.807) is 0 Å². The number of hydrogen-bond acceptors (Lipinski definition) is 4. The molecular formula is C27H34Cl4N4. The molecule has 4 nitrogen and oxygen atoms in total. The molecule has 0 bridgehead atoms. The topological polar surface area (TPSA) is 67.3 Å². The van der Waals surface area contributed by atoms with E-state index in [2.05, 4.69) is 23.2 Å². The smallest absolute Gasteiger partial charge is 0.0695 e. The van der Waals surface area contributed by atoms with Gasteiger partial charge < -0.3 is 21.7 Å². The van der Waals surface area contributed by atoms with Crippen molar-refractivity contribution in [2.75, 3.05) is 44.2 Å². The summed E-state index contributed by atoms with van der Waals surface area (Å²) in [5, 5.41) is 6.01. The molecule has 2 fully saturated rings. The van der Waals surface area contributed by atoms with Gasteiger partial charge in [0.15, 0.2) is 0 Å². The molecule has 4 unspecified atom stereocenters. The molecule has 0 amide bonds. The molecule has 5 N–H and O–H groups in total. The van der Waals surface area contributed by atoms with Gasteiger partial charge in [-0.3, -0.25) is 0 Å². The fraction of sp³-hybridized carbons (Fsp3) is 0.556. The van der Waals surface area contributed by atoms with Gasteiger partial charge in [0, 0.05) is 31.5 Å². The molecule has 0 aromatic heterocycles. The third-order valence-corrected chi connectivity index (χ3v) is 9.99. The highest BCUT2D eigenvalue weighted by Gasteiger charge is 2.38. The summed E-state index contributed by atoms with van der Waals surface area (Å²) >= 11 is 25.0. The highest BCUT2D eigenvalue weighted by atomic mass is 35.5. The Hall–Kier alpha value is -0.880. The Kier molecular flexibility index (Phi) is 7.71. The van der Waals surface area contributed by atoms with Gasteiger partial charge in [-0.1, -0.05) is 53.3 Å². The van der Waals surface area contributed by atoms with E-state index >= 15 is 0 Å². The van der Waals surface area contributed by atoms with Crippen molar-refractivity contribution in [1.29, 1.82) is 0 Å². The van der Waals surface area contributed by atoms with E-state index in [1.807, 2.05) is 6.07 Å². The minimum Gasteiger partial charge on any atom is -0.396 e. The van der Waals surface area contributed by atoms with Crippen molar-refractivity contribution < 1.29 is 0 Å². The first-order valence-corrected chi connectivity index (χ1v) is 14.3. The molecule has 0 spiro atoms. The second-order valence-corrected chi connectivity index (χ2v) is 12.1. The van der Waals surface area contributed by atoms with Crippen LogP contribution >= 0.6 is 46.4 Å². The van der Waals surface area contributed by atoms with Crippen LogP contribution in [0.15, 0.2) is 12.1 Å². The molecule has 0 saturated carbocycles. The number of nitrogens with two attached hydrogens (primary N) is 2. The lowest BCUT2D eigenvalue weighted by molar-refractivity contribution is 0.322. The number of anilines is 2. The second-order valence-electron chi connectivity index (χ2n) is 10.5. The molecule has 2 saturated heterocycles. The Morgan fingerprint density at radius 1 is 0.829 bits per heavy atom. The maximum absolute atomic E-state index is 6.38. The minimum absolute atomic E-state index is 0.534. The zero-order valence-electron chi connectivity index (χ0n) is 20.1. The summed E-state index contributed by atoms with van der Waals surface area (Å²) in [6, 6.07) is 4.08. The van der Waals surface area contributed by atoms with Crippen molar-refractivity contribution in [3.63, 3.8) is 0 Å². The number of likely N-dealkylation sites (tertiary alicyclic amines) is 1. The first-order chi connectivity index (χ1) is 16.8. The van der Waals surface area contributed by atoms with Gasteiger partial charge >= 0.3 is 0 Å². The van der Waals surface area contributed by atoms with Crippen molar-refractivity contribution in [2.24, 2.45) is 11.8 Å². The Morgan fingerprint density at radius 2 is 1.40 bits per heavy atom. The van der Waals surface area contributed by atoms with Crippen molar-refractivity contribution in [3.05, 3.63) is 54.5 Å². The van der Waals surface area contributed by atoms with Gasteiger partial charge in [-0.05, 0) is 91.4 Å². The molecule has 2 aliphatic heterocycles. The fourth-order valence-corrected chi connectivity index (χ4v) is 7.86. The Labute approximate surface area is 228 Å². The summed E-state index contributed by atoms with van der Waals surface area (Å²) in [6.45, 7) is 7.95. The van der Waals surface area contributed by atoms with E-state index in [4.69, 9.17) is 57.9 Å². The van der Waals surface area contributed by atoms with Crippen LogP contribution in [0, 0.1) is 11.8 Å². The van der Waals surface area contributed by atoms with Crippen molar-refractivity contribution >= 4 is 57.8 Å². The van der Waals surface area contributed by atoms with Gasteiger partial charge in [-0.15, -0.1) is 0 Å². The first-order valence-electron chi connectivity index (χ1n) is 12.8. The van der Waals surface area contributed by atoms with Gasteiger partial charge in [-0.25, -0.2) is 0 Å². The molecule has 2 aromatic carbocycles. The second kappa shape index (κ2) is 10.5. The summed E-state index contributed by atoms with van der Waals surface area (Å²) in [4.78, 5) is 2.57. The number of halogens is 4. The maximum atomic E-state index is 6.38. The van der Waals surface area contributed by atoms with Crippen molar-refractivity contribution in [3.8, 4) is 0 Å². The van der Waals surface area contributed by atoms with Gasteiger partial charge in [0.1, 0.15) is 0 Å². The SMILES string of the molecule is CCCN1CC2CCc3c(cc(Cl)c(N)c3Cl)C2C1.Nc1c(Cl)cc2c(c1Cl)CCC1CNCC21. The zero-order valence-corrected chi connectivity index (χ0v) is 23.2. The Bertz CT molecular complexity index is 1120. The summed E-state index contributed by atoms with van der Waals surface area (Å²) < 4.78 is 0. The van der Waals surface area contributed by atoms with Crippen LogP contribution < -0.4 is 16.8 Å². The molecule has 6 rings (SSSR count). The van der Waals surface area contributed by atoms with E-state index < -0.39 is 0 Å². The largest absolute Gasteiger partial charge is 0.396 e. The Balaban J connectivity index is 0.000000147. The molecule has 8 heteroatoms. The lowest BCUT2D eigenvalue weighted by Gasteiger charge is -2.29. The van der Waals surface area contributed by atoms with Crippen LogP contribution in [0.4, 0.5) is 11.4 Å². The molecule has 0 radical (unpaired) electrons. The van der Waals surface area contributed by atoms with Crippen molar-refractivity contribution in [1.82, 2.24) is 10.2 Å². The number of hydrogen-bond donors (Lipinski definition) is 3. The normalized spacial score (nSPS) is 26.9. The van der Waals surface area contributed by atoms with Crippen LogP contribution in [0.5, 0.6) is 0 Å². The average Bonchev–Trinajstić information content (AvgIpc) is 3.49. The monoisotopic (exact) mass is 554 g/mol. The van der Waals surface area contributed by atoms with Crippen LogP contribution in [0.25, 0.3) is 0 Å². The highest BCUT2D eigenvalue weighted by molar-refractivity contribution is 6.40. The standard InChI is InChI=1S/C15H20Cl2N2.C12H14Cl2N2/c1-2-5-19-7-9-3-4-10-11(12(9)8-19)6-13(16)15(18)14(10)17;13-10-3-8-7(11(14)12(10)15)2-1-6-4-16-5-9(6)8/h6,9,12H,2-5,7-8,18H2,1H3;3,6,9,16H,1-2,4-5,15H2. The van der Waals surface area contributed by atoms with Gasteiger partial charge in [0.2, 0.25) is 0 Å². The predicted molar refractivity (Wildman–Crippen MR) is 150 cm³/mol. The number of benzene rings is 2. The van der Waals surface area contributed by atoms with E-state index in [0.29, 0.717) is 43.3 Å². The maximum Gasteiger partial charge on any atom is 0.0695 e. The quantitative estimate of drug-likeness (QED) is 0.357. The van der Waals surface area contributed by atoms with E-state index in [1.165, 1.54) is 54.6 Å². The van der Waals surface area contributed by atoms with Crippen LogP contribution in [0.2, 0.25) is 20.1 Å². The third-order valence-electron chi connectivity index (χ3n) is 8.50. The van der Waals surface area contributed by atoms with Gasteiger partial charge in [0.25, 0.3) is 0 Å². The van der Waals surface area contributed by atoms with Crippen LogP contribution in [0.3, 0.4) is 0 Å². The Morgan fingerprint density at radius 3 is 2.00 bits per heavy atom. The number of nitrogens with zero attached hydrogens (tertiary/aromatic N) is 1. The van der Waals surface area contributed by atoms with E-state index in [0.717, 1.165) is 44.3 Å². The summed E-state index contributed by atoms with van der Waals surface area (Å²) in [7, 11) is 0. The van der Waals surface area contributed by atoms with Crippen LogP contribution in [-0.4, -0.2) is 37.6 Å². The average molecular weight is 556 g/mol. The molecule has 2 aromatic rings. The fourth-order valence-electron chi connectivity index (χ4n) is 6.72. The molecule has 35 heavy (non-hydrogen) atoms. The molecule has 190 valence electrons. The number of nitrogens with one attached hydrogen (secondary N) is 1. The van der Waals surface area contributed by atoms with Crippen LogP contribution in [-0.2, 0) is 12.8 Å². The minimum atomic E-state index is 0.534.